The maximum Gasteiger partial charge on any atom is 0.205 e. The number of aliphatic hydroxyl groups excluding tert-OH is 2. The molecule has 0 radical (unpaired) electrons. The van der Waals surface area contributed by atoms with Crippen LogP contribution < -0.4 is 0 Å². The summed E-state index contributed by atoms with van der Waals surface area (Å²) in [5.41, 5.74) is 2.37. The molecule has 5 nitrogen and oxygen atoms in total. The molecule has 0 amide bonds. The molecule has 3 atom stereocenters. The Morgan fingerprint density at radius 2 is 2.20 bits per heavy atom. The number of fused-ring (bicyclic) bond motifs is 1. The third kappa shape index (κ3) is 1.80. The number of nitrogens with zero attached hydrogens (tertiary/aromatic N) is 3. The van der Waals surface area contributed by atoms with E-state index in [0.29, 0.717) is 29.4 Å². The van der Waals surface area contributed by atoms with E-state index in [-0.39, 0.29) is 6.04 Å². The summed E-state index contributed by atoms with van der Waals surface area (Å²) in [6, 6.07) is 3.02. The predicted octanol–water partition coefficient (Wildman–Crippen LogP) is 1.71. The lowest BCUT2D eigenvalue weighted by Gasteiger charge is -2.19. The lowest BCUT2D eigenvalue weighted by Crippen LogP contribution is -2.40. The van der Waals surface area contributed by atoms with Gasteiger partial charge in [-0.2, -0.15) is 5.10 Å². The van der Waals surface area contributed by atoms with Gasteiger partial charge in [-0.05, 0) is 18.9 Å². The fraction of sp³-hybridized carbons (Fsp3) is 0.429. The largest absolute Gasteiger partial charge is 0.391 e. The van der Waals surface area contributed by atoms with Crippen molar-refractivity contribution >= 4 is 23.0 Å². The molecule has 0 unspecified atom stereocenters. The molecular weight excluding hydrogens is 278 g/mol. The van der Waals surface area contributed by atoms with Gasteiger partial charge in [0.05, 0.1) is 23.4 Å². The molecule has 1 aromatic rings. The van der Waals surface area contributed by atoms with Gasteiger partial charge >= 0.3 is 0 Å². The minimum absolute atomic E-state index is 0.372. The maximum absolute atomic E-state index is 10.4. The molecule has 20 heavy (non-hydrogen) atoms. The van der Waals surface area contributed by atoms with E-state index >= 15 is 0 Å². The molecule has 1 aromatic carbocycles. The zero-order chi connectivity index (χ0) is 14.4. The molecule has 2 heterocycles. The van der Waals surface area contributed by atoms with Crippen LogP contribution in [0.15, 0.2) is 17.2 Å². The summed E-state index contributed by atoms with van der Waals surface area (Å²) in [5, 5.41) is 26.8. The second-order valence-electron chi connectivity index (χ2n) is 5.12. The number of rotatable bonds is 1. The smallest absolute Gasteiger partial charge is 0.205 e. The molecule has 3 rings (SSSR count). The molecule has 0 aromatic heterocycles. The van der Waals surface area contributed by atoms with Gasteiger partial charge in [-0.15, -0.1) is 0 Å². The SMILES string of the molecule is [C-]#[N+]c1ccc(C2=NN3CC[C@@H](O)[C@H]3[C@@H]2O)c(C)c1Cl. The van der Waals surface area contributed by atoms with Gasteiger partial charge < -0.3 is 10.2 Å². The number of hydrogen-bond donors (Lipinski definition) is 2. The van der Waals surface area contributed by atoms with E-state index in [0.717, 1.165) is 11.1 Å². The second kappa shape index (κ2) is 4.74. The summed E-state index contributed by atoms with van der Waals surface area (Å²) < 4.78 is 0. The first-order chi connectivity index (χ1) is 9.54. The quantitative estimate of drug-likeness (QED) is 0.775. The first-order valence-corrected chi connectivity index (χ1v) is 6.80. The van der Waals surface area contributed by atoms with Crippen LogP contribution in [0, 0.1) is 13.5 Å². The van der Waals surface area contributed by atoms with Gasteiger partial charge in [0.15, 0.2) is 0 Å². The highest BCUT2D eigenvalue weighted by Crippen LogP contribution is 2.35. The minimum atomic E-state index is -0.832. The number of hydrazone groups is 1. The molecule has 0 spiro atoms. The Hall–Kier alpha value is -1.61. The lowest BCUT2D eigenvalue weighted by atomic mass is 9.95. The van der Waals surface area contributed by atoms with Crippen LogP contribution in [0.1, 0.15) is 17.5 Å². The van der Waals surface area contributed by atoms with Crippen molar-refractivity contribution < 1.29 is 10.2 Å². The van der Waals surface area contributed by atoms with E-state index in [2.05, 4.69) is 9.95 Å². The molecular formula is C14H14ClN3O2. The molecule has 0 bridgehead atoms. The molecule has 0 saturated carbocycles. The van der Waals surface area contributed by atoms with Crippen molar-refractivity contribution in [1.82, 2.24) is 5.01 Å². The van der Waals surface area contributed by atoms with Crippen molar-refractivity contribution in [3.8, 4) is 0 Å². The van der Waals surface area contributed by atoms with E-state index in [1.54, 1.807) is 24.1 Å². The first-order valence-electron chi connectivity index (χ1n) is 6.42. The van der Waals surface area contributed by atoms with Crippen LogP contribution in [0.2, 0.25) is 5.02 Å². The highest BCUT2D eigenvalue weighted by atomic mass is 35.5. The van der Waals surface area contributed by atoms with E-state index < -0.39 is 12.2 Å². The molecule has 6 heteroatoms. The molecule has 2 aliphatic heterocycles. The van der Waals surface area contributed by atoms with Crippen LogP contribution >= 0.6 is 11.6 Å². The van der Waals surface area contributed by atoms with Gasteiger partial charge in [0, 0.05) is 12.1 Å². The summed E-state index contributed by atoms with van der Waals surface area (Å²) in [6.45, 7) is 9.50. The van der Waals surface area contributed by atoms with E-state index in [9.17, 15) is 10.2 Å². The molecule has 2 N–H and O–H groups in total. The van der Waals surface area contributed by atoms with Crippen molar-refractivity contribution in [2.24, 2.45) is 5.10 Å². The first kappa shape index (κ1) is 13.4. The topological polar surface area (TPSA) is 60.4 Å². The average molecular weight is 292 g/mol. The average Bonchev–Trinajstić information content (AvgIpc) is 2.95. The third-order valence-electron chi connectivity index (χ3n) is 3.99. The zero-order valence-electron chi connectivity index (χ0n) is 10.9. The van der Waals surface area contributed by atoms with E-state index in [1.807, 2.05) is 0 Å². The van der Waals surface area contributed by atoms with Gasteiger partial charge in [-0.1, -0.05) is 23.7 Å². The van der Waals surface area contributed by atoms with Crippen LogP contribution in [0.4, 0.5) is 5.69 Å². The Morgan fingerprint density at radius 3 is 2.85 bits per heavy atom. The monoisotopic (exact) mass is 291 g/mol. The molecule has 0 aliphatic carbocycles. The van der Waals surface area contributed by atoms with Crippen LogP contribution in [0.5, 0.6) is 0 Å². The summed E-state index contributed by atoms with van der Waals surface area (Å²) in [4.78, 5) is 3.35. The lowest BCUT2D eigenvalue weighted by molar-refractivity contribution is 0.0643. The van der Waals surface area contributed by atoms with Gasteiger partial charge in [-0.3, -0.25) is 5.01 Å². The van der Waals surface area contributed by atoms with Crippen LogP contribution in [0.3, 0.4) is 0 Å². The molecule has 104 valence electrons. The predicted molar refractivity (Wildman–Crippen MR) is 76.1 cm³/mol. The number of hydrogen-bond acceptors (Lipinski definition) is 4. The Morgan fingerprint density at radius 1 is 1.45 bits per heavy atom. The fourth-order valence-corrected chi connectivity index (χ4v) is 3.09. The number of benzene rings is 1. The Kier molecular flexibility index (Phi) is 3.17. The van der Waals surface area contributed by atoms with Crippen molar-refractivity contribution in [3.05, 3.63) is 39.7 Å². The zero-order valence-corrected chi connectivity index (χ0v) is 11.7. The van der Waals surface area contributed by atoms with Gasteiger partial charge in [0.25, 0.3) is 0 Å². The maximum atomic E-state index is 10.4. The van der Waals surface area contributed by atoms with E-state index in [1.165, 1.54) is 0 Å². The Balaban J connectivity index is 2.03. The minimum Gasteiger partial charge on any atom is -0.391 e. The van der Waals surface area contributed by atoms with Gasteiger partial charge in [-0.25, -0.2) is 4.85 Å². The van der Waals surface area contributed by atoms with Crippen molar-refractivity contribution in [1.29, 1.82) is 0 Å². The van der Waals surface area contributed by atoms with Crippen LogP contribution in [0.25, 0.3) is 4.85 Å². The Bertz CT molecular complexity index is 638. The van der Waals surface area contributed by atoms with Crippen LogP contribution in [-0.2, 0) is 0 Å². The molecule has 1 fully saturated rings. The highest BCUT2D eigenvalue weighted by molar-refractivity contribution is 6.34. The number of aliphatic hydroxyl groups is 2. The summed E-state index contributed by atoms with van der Waals surface area (Å²) in [5.74, 6) is 0. The number of halogens is 1. The summed E-state index contributed by atoms with van der Waals surface area (Å²) in [7, 11) is 0. The van der Waals surface area contributed by atoms with E-state index in [4.69, 9.17) is 18.2 Å². The third-order valence-corrected chi connectivity index (χ3v) is 4.47. The highest BCUT2D eigenvalue weighted by Gasteiger charge is 2.45. The molecule has 2 aliphatic rings. The van der Waals surface area contributed by atoms with Gasteiger partial charge in [0.1, 0.15) is 12.1 Å². The van der Waals surface area contributed by atoms with Crippen molar-refractivity contribution in [2.75, 3.05) is 6.54 Å². The van der Waals surface area contributed by atoms with Crippen molar-refractivity contribution in [2.45, 2.75) is 31.6 Å². The normalized spacial score (nSPS) is 28.2. The summed E-state index contributed by atoms with van der Waals surface area (Å²) in [6.07, 6.45) is -0.778. The Labute approximate surface area is 121 Å². The van der Waals surface area contributed by atoms with Crippen LogP contribution in [-0.4, -0.2) is 45.7 Å². The second-order valence-corrected chi connectivity index (χ2v) is 5.50. The van der Waals surface area contributed by atoms with Gasteiger partial charge in [0.2, 0.25) is 5.69 Å². The fourth-order valence-electron chi connectivity index (χ4n) is 2.88. The van der Waals surface area contributed by atoms with Crippen molar-refractivity contribution in [3.63, 3.8) is 0 Å². The molecule has 1 saturated heterocycles. The standard InChI is InChI=1S/C14H14ClN3O2/c1-7-8(3-4-9(16-2)11(7)15)12-14(20)13-10(19)5-6-18(13)17-12/h3-4,10,13-14,19-20H,5-6H2,1H3/t10-,13+,14-/m1/s1. The summed E-state index contributed by atoms with van der Waals surface area (Å²) >= 11 is 6.16.